The summed E-state index contributed by atoms with van der Waals surface area (Å²) in [5.41, 5.74) is 0.850. The number of hydrogen-bond donors (Lipinski definition) is 0. The average Bonchev–Trinajstić information content (AvgIpc) is 2.39. The van der Waals surface area contributed by atoms with Gasteiger partial charge in [0.25, 0.3) is 0 Å². The van der Waals surface area contributed by atoms with Crippen LogP contribution in [0.1, 0.15) is 5.56 Å². The summed E-state index contributed by atoms with van der Waals surface area (Å²) in [5.74, 6) is -0.651. The van der Waals surface area contributed by atoms with Crippen LogP contribution in [0.15, 0.2) is 48.6 Å². The summed E-state index contributed by atoms with van der Waals surface area (Å²) in [5, 5.41) is 0. The Morgan fingerprint density at radius 3 is 2.72 bits per heavy atom. The maximum absolute atomic E-state index is 12.8. The van der Waals surface area contributed by atoms with E-state index in [2.05, 4.69) is 15.9 Å². The van der Waals surface area contributed by atoms with Gasteiger partial charge in [-0.15, -0.1) is 0 Å². The molecular weight excluding hydrogens is 299 g/mol. The number of hydrogen-bond acceptors (Lipinski definition) is 2. The monoisotopic (exact) mass is 310 g/mol. The smallest absolute Gasteiger partial charge is 0.154 e. The molecule has 1 aliphatic rings. The lowest BCUT2D eigenvalue weighted by Crippen LogP contribution is -2.33. The normalized spacial score (nSPS) is 26.2. The largest absolute Gasteiger partial charge is 0.354 e. The van der Waals surface area contributed by atoms with Gasteiger partial charge in [0.2, 0.25) is 0 Å². The van der Waals surface area contributed by atoms with E-state index in [9.17, 15) is 9.18 Å². The molecule has 0 saturated heterocycles. The summed E-state index contributed by atoms with van der Waals surface area (Å²) in [4.78, 5) is 11.0. The van der Waals surface area contributed by atoms with Crippen LogP contribution in [0.3, 0.4) is 0 Å². The maximum atomic E-state index is 12.8. The zero-order valence-electron chi connectivity index (χ0n) is 9.55. The minimum atomic E-state index is -0.822. The number of halogens is 2. The van der Waals surface area contributed by atoms with Crippen LogP contribution in [0.4, 0.5) is 4.39 Å². The van der Waals surface area contributed by atoms with E-state index in [1.165, 1.54) is 12.1 Å². The van der Waals surface area contributed by atoms with Crippen molar-refractivity contribution in [3.8, 4) is 0 Å². The fourth-order valence-corrected chi connectivity index (χ4v) is 2.20. The summed E-state index contributed by atoms with van der Waals surface area (Å²) in [6, 6.07) is 6.08. The van der Waals surface area contributed by atoms with Gasteiger partial charge in [0, 0.05) is 0 Å². The Hall–Kier alpha value is -1.26. The highest BCUT2D eigenvalue weighted by Crippen LogP contribution is 2.34. The van der Waals surface area contributed by atoms with E-state index in [4.69, 9.17) is 4.74 Å². The van der Waals surface area contributed by atoms with Gasteiger partial charge in [-0.1, -0.05) is 30.4 Å². The van der Waals surface area contributed by atoms with E-state index >= 15 is 0 Å². The summed E-state index contributed by atoms with van der Waals surface area (Å²) < 4.78 is 17.7. The predicted molar refractivity (Wildman–Crippen MR) is 70.7 cm³/mol. The van der Waals surface area contributed by atoms with Crippen LogP contribution in [-0.4, -0.2) is 10.8 Å². The molecule has 0 heterocycles. The van der Waals surface area contributed by atoms with Gasteiger partial charge in [-0.2, -0.15) is 0 Å². The molecule has 2 rings (SSSR count). The number of ether oxygens (including phenoxy) is 1. The van der Waals surface area contributed by atoms with Gasteiger partial charge >= 0.3 is 0 Å². The molecule has 0 amide bonds. The lowest BCUT2D eigenvalue weighted by molar-refractivity contribution is -0.114. The van der Waals surface area contributed by atoms with Crippen molar-refractivity contribution in [2.24, 2.45) is 5.92 Å². The van der Waals surface area contributed by atoms with E-state index in [1.807, 2.05) is 6.08 Å². The molecule has 4 heteroatoms. The van der Waals surface area contributed by atoms with Gasteiger partial charge < -0.3 is 9.53 Å². The van der Waals surface area contributed by atoms with Crippen molar-refractivity contribution in [1.82, 2.24) is 0 Å². The van der Waals surface area contributed by atoms with Crippen molar-refractivity contribution in [3.05, 3.63) is 60.0 Å². The second-order valence-corrected chi connectivity index (χ2v) is 5.26. The van der Waals surface area contributed by atoms with Gasteiger partial charge in [0.05, 0.1) is 12.5 Å². The highest BCUT2D eigenvalue weighted by Gasteiger charge is 2.34. The molecular formula is C14H12BrFO2. The molecule has 0 aromatic heterocycles. The van der Waals surface area contributed by atoms with Crippen molar-refractivity contribution >= 4 is 22.2 Å². The highest BCUT2D eigenvalue weighted by atomic mass is 79.9. The maximum Gasteiger partial charge on any atom is 0.154 e. The molecule has 1 aliphatic carbocycles. The Labute approximate surface area is 113 Å². The van der Waals surface area contributed by atoms with E-state index in [1.54, 1.807) is 30.4 Å². The Morgan fingerprint density at radius 2 is 2.06 bits per heavy atom. The Bertz CT molecular complexity index is 481. The zero-order valence-corrected chi connectivity index (χ0v) is 11.1. The third-order valence-electron chi connectivity index (χ3n) is 2.73. The van der Waals surface area contributed by atoms with Crippen molar-refractivity contribution in [1.29, 1.82) is 0 Å². The number of alkyl halides is 1. The number of aldehydes is 1. The van der Waals surface area contributed by atoms with Crippen LogP contribution in [0.2, 0.25) is 0 Å². The lowest BCUT2D eigenvalue weighted by Gasteiger charge is -2.30. The molecule has 0 saturated carbocycles. The van der Waals surface area contributed by atoms with E-state index in [0.717, 1.165) is 11.8 Å². The molecule has 1 aromatic rings. The second kappa shape index (κ2) is 5.59. The highest BCUT2D eigenvalue weighted by molar-refractivity contribution is 9.10. The van der Waals surface area contributed by atoms with Crippen molar-refractivity contribution in [2.75, 3.05) is 0 Å². The Morgan fingerprint density at radius 1 is 1.33 bits per heavy atom. The van der Waals surface area contributed by atoms with Gasteiger partial charge in [-0.05, 0) is 39.7 Å². The van der Waals surface area contributed by atoms with Crippen LogP contribution in [-0.2, 0) is 16.1 Å². The first kappa shape index (κ1) is 13.2. The number of carbonyl (C=O) groups excluding carboxylic acids is 1. The topological polar surface area (TPSA) is 26.3 Å². The molecule has 0 bridgehead atoms. The van der Waals surface area contributed by atoms with E-state index < -0.39 is 4.51 Å². The molecule has 0 spiro atoms. The molecule has 0 aliphatic heterocycles. The van der Waals surface area contributed by atoms with E-state index in [0.29, 0.717) is 6.61 Å². The fourth-order valence-electron chi connectivity index (χ4n) is 1.67. The quantitative estimate of drug-likeness (QED) is 0.629. The molecule has 18 heavy (non-hydrogen) atoms. The lowest BCUT2D eigenvalue weighted by atomic mass is 9.99. The first-order valence-corrected chi connectivity index (χ1v) is 6.32. The number of carbonyl (C=O) groups is 1. The molecule has 2 nitrogen and oxygen atoms in total. The van der Waals surface area contributed by atoms with Crippen LogP contribution in [0.25, 0.3) is 0 Å². The molecule has 0 radical (unpaired) electrons. The van der Waals surface area contributed by atoms with Crippen LogP contribution < -0.4 is 0 Å². The first-order valence-electron chi connectivity index (χ1n) is 5.53. The minimum Gasteiger partial charge on any atom is -0.354 e. The summed E-state index contributed by atoms with van der Waals surface area (Å²) in [6.07, 6.45) is 8.01. The third-order valence-corrected chi connectivity index (χ3v) is 3.75. The average molecular weight is 311 g/mol. The summed E-state index contributed by atoms with van der Waals surface area (Å²) >= 11 is 3.43. The van der Waals surface area contributed by atoms with Crippen molar-refractivity contribution < 1.29 is 13.9 Å². The second-order valence-electron chi connectivity index (χ2n) is 4.02. The minimum absolute atomic E-state index is 0.279. The molecule has 0 N–H and O–H groups in total. The van der Waals surface area contributed by atoms with Gasteiger partial charge in [-0.25, -0.2) is 4.39 Å². The van der Waals surface area contributed by atoms with Gasteiger partial charge in [-0.3, -0.25) is 0 Å². The zero-order chi connectivity index (χ0) is 13.0. The molecule has 0 fully saturated rings. The molecule has 2 unspecified atom stereocenters. The molecule has 2 atom stereocenters. The summed E-state index contributed by atoms with van der Waals surface area (Å²) in [7, 11) is 0. The fraction of sp³-hybridized carbons (Fsp3) is 0.214. The first-order chi connectivity index (χ1) is 8.64. The Kier molecular flexibility index (Phi) is 4.09. The van der Waals surface area contributed by atoms with Gasteiger partial charge in [0.15, 0.2) is 4.51 Å². The van der Waals surface area contributed by atoms with Crippen molar-refractivity contribution in [3.63, 3.8) is 0 Å². The van der Waals surface area contributed by atoms with Crippen LogP contribution in [0, 0.1) is 11.7 Å². The Balaban J connectivity index is 2.04. The number of allylic oxidation sites excluding steroid dienone is 2. The number of rotatable bonds is 4. The predicted octanol–water partition coefficient (Wildman–Crippen LogP) is 3.37. The molecule has 1 aromatic carbocycles. The van der Waals surface area contributed by atoms with E-state index in [-0.39, 0.29) is 11.7 Å². The molecule has 94 valence electrons. The SMILES string of the molecule is O=CC1C=CC=CC1(Br)OCc1ccc(F)cc1. The summed E-state index contributed by atoms with van der Waals surface area (Å²) in [6.45, 7) is 0.300. The van der Waals surface area contributed by atoms with Crippen LogP contribution in [0.5, 0.6) is 0 Å². The third kappa shape index (κ3) is 2.94. The van der Waals surface area contributed by atoms with Crippen LogP contribution >= 0.6 is 15.9 Å². The number of benzene rings is 1. The van der Waals surface area contributed by atoms with Gasteiger partial charge in [0.1, 0.15) is 12.1 Å². The van der Waals surface area contributed by atoms with Crippen molar-refractivity contribution in [2.45, 2.75) is 11.1 Å². The standard InChI is InChI=1S/C14H12BrFO2/c15-14(8-2-1-3-12(14)9-17)18-10-11-4-6-13(16)7-5-11/h1-9,12H,10H2.